The number of aliphatic hydroxyl groups excluding tert-OH is 1. The van der Waals surface area contributed by atoms with E-state index >= 15 is 0 Å². The van der Waals surface area contributed by atoms with E-state index in [9.17, 15) is 43.2 Å². The lowest BCUT2D eigenvalue weighted by Gasteiger charge is -2.21. The maximum Gasteiger partial charge on any atom is 0.472 e. The highest BCUT2D eigenvalue weighted by atomic mass is 31.2. The van der Waals surface area contributed by atoms with Crippen molar-refractivity contribution < 1.29 is 80.2 Å². The van der Waals surface area contributed by atoms with Crippen molar-refractivity contribution in [2.45, 2.75) is 382 Å². The van der Waals surface area contributed by atoms with Gasteiger partial charge in [0.05, 0.1) is 26.4 Å². The number of carbonyl (C=O) groups is 4. The van der Waals surface area contributed by atoms with Gasteiger partial charge in [-0.1, -0.05) is 312 Å². The highest BCUT2D eigenvalue weighted by Gasteiger charge is 2.30. The number of rotatable bonds is 70. The number of phosphoric ester groups is 2. The Morgan fingerprint density at radius 1 is 0.304 bits per heavy atom. The zero-order valence-electron chi connectivity index (χ0n) is 60.2. The topological polar surface area (TPSA) is 237 Å². The molecule has 0 aromatic heterocycles. The number of hydrogen-bond donors (Lipinski definition) is 3. The van der Waals surface area contributed by atoms with Crippen LogP contribution in [-0.4, -0.2) is 96.7 Å². The minimum absolute atomic E-state index is 0.103. The van der Waals surface area contributed by atoms with Crippen LogP contribution in [0.3, 0.4) is 0 Å². The van der Waals surface area contributed by atoms with Crippen molar-refractivity contribution in [3.05, 3.63) is 0 Å². The van der Waals surface area contributed by atoms with Gasteiger partial charge in [-0.3, -0.25) is 37.3 Å². The second kappa shape index (κ2) is 62.6. The monoisotopic (exact) mass is 1350 g/mol. The standard InChI is InChI=1S/C73H142O17P2/c1-9-66(8)52-44-36-31-32-40-48-56-73(78)90-69(60-83-70(75)53-45-37-28-22-18-14-10-12-16-20-25-33-41-49-63(2)3)62-88-92(81,82)86-58-67(74)57-85-91(79,80)87-61-68(59-84-71(76)54-46-38-30-24-27-35-43-51-65(6)7)89-72(77)55-47-39-29-23-19-15-11-13-17-21-26-34-42-50-64(4)5/h63-69,74H,9-62H2,1-8H3,(H,79,80)(H,81,82)/t66?,67?,68-,69-/m1/s1. The molecule has 0 saturated carbocycles. The second-order valence-electron chi connectivity index (χ2n) is 28.0. The molecule has 0 bridgehead atoms. The van der Waals surface area contributed by atoms with Gasteiger partial charge in [0.1, 0.15) is 19.3 Å². The summed E-state index contributed by atoms with van der Waals surface area (Å²) in [4.78, 5) is 72.6. The van der Waals surface area contributed by atoms with Crippen molar-refractivity contribution in [1.82, 2.24) is 0 Å². The summed E-state index contributed by atoms with van der Waals surface area (Å²) >= 11 is 0. The zero-order valence-corrected chi connectivity index (χ0v) is 62.0. The van der Waals surface area contributed by atoms with Crippen molar-refractivity contribution in [2.24, 2.45) is 23.7 Å². The van der Waals surface area contributed by atoms with E-state index in [0.29, 0.717) is 31.6 Å². The molecule has 546 valence electrons. The molecule has 0 aromatic rings. The molecule has 19 heteroatoms. The Bertz CT molecular complexity index is 1820. The van der Waals surface area contributed by atoms with Gasteiger partial charge in [-0.05, 0) is 49.4 Å². The normalized spacial score (nSPS) is 14.5. The first-order valence-electron chi connectivity index (χ1n) is 37.7. The van der Waals surface area contributed by atoms with Crippen LogP contribution in [0, 0.1) is 23.7 Å². The molecule has 3 N–H and O–H groups in total. The first kappa shape index (κ1) is 90.1. The van der Waals surface area contributed by atoms with Crippen LogP contribution in [0.15, 0.2) is 0 Å². The maximum atomic E-state index is 13.0. The van der Waals surface area contributed by atoms with Crippen LogP contribution in [-0.2, 0) is 65.4 Å². The quantitative estimate of drug-likeness (QED) is 0.0222. The predicted molar refractivity (Wildman–Crippen MR) is 372 cm³/mol. The van der Waals surface area contributed by atoms with Crippen LogP contribution in [0.2, 0.25) is 0 Å². The third kappa shape index (κ3) is 65.4. The maximum absolute atomic E-state index is 13.0. The Labute approximate surface area is 562 Å². The van der Waals surface area contributed by atoms with Gasteiger partial charge in [0, 0.05) is 25.7 Å². The number of unbranched alkanes of at least 4 members (excludes halogenated alkanes) is 35. The van der Waals surface area contributed by atoms with Gasteiger partial charge in [-0.15, -0.1) is 0 Å². The molecule has 0 saturated heterocycles. The van der Waals surface area contributed by atoms with Crippen LogP contribution in [0.25, 0.3) is 0 Å². The summed E-state index contributed by atoms with van der Waals surface area (Å²) in [7, 11) is -9.91. The molecule has 0 rings (SSSR count). The molecule has 6 atom stereocenters. The van der Waals surface area contributed by atoms with E-state index < -0.39 is 97.5 Å². The molecule has 0 radical (unpaired) electrons. The molecule has 0 aliphatic rings. The van der Waals surface area contributed by atoms with E-state index in [4.69, 9.17) is 37.0 Å². The molecule has 0 aliphatic heterocycles. The minimum Gasteiger partial charge on any atom is -0.462 e. The molecule has 17 nitrogen and oxygen atoms in total. The lowest BCUT2D eigenvalue weighted by molar-refractivity contribution is -0.161. The zero-order chi connectivity index (χ0) is 68.2. The lowest BCUT2D eigenvalue weighted by atomic mass is 10.00. The summed E-state index contributed by atoms with van der Waals surface area (Å²) in [5.41, 5.74) is 0. The molecule has 4 unspecified atom stereocenters. The average Bonchev–Trinajstić information content (AvgIpc) is 2.36. The van der Waals surface area contributed by atoms with E-state index in [1.54, 1.807) is 0 Å². The number of ether oxygens (including phenoxy) is 4. The van der Waals surface area contributed by atoms with Crippen LogP contribution in [0.1, 0.15) is 364 Å². The van der Waals surface area contributed by atoms with Crippen molar-refractivity contribution in [3.63, 3.8) is 0 Å². The number of aliphatic hydroxyl groups is 1. The summed E-state index contributed by atoms with van der Waals surface area (Å²) in [5.74, 6) is 0.875. The van der Waals surface area contributed by atoms with Gasteiger partial charge >= 0.3 is 39.5 Å². The molecule has 0 spiro atoms. The van der Waals surface area contributed by atoms with E-state index in [1.165, 1.54) is 161 Å². The molecule has 0 fully saturated rings. The Hall–Kier alpha value is -1.94. The third-order valence-corrected chi connectivity index (χ3v) is 19.1. The number of carbonyl (C=O) groups excluding carboxylic acids is 4. The van der Waals surface area contributed by atoms with E-state index in [0.717, 1.165) is 114 Å². The van der Waals surface area contributed by atoms with Crippen molar-refractivity contribution in [2.75, 3.05) is 39.6 Å². The van der Waals surface area contributed by atoms with Gasteiger partial charge in [-0.25, -0.2) is 9.13 Å². The Balaban J connectivity index is 5.21. The minimum atomic E-state index is -4.95. The van der Waals surface area contributed by atoms with Gasteiger partial charge < -0.3 is 33.8 Å². The predicted octanol–water partition coefficient (Wildman–Crippen LogP) is 20.9. The second-order valence-corrected chi connectivity index (χ2v) is 30.9. The highest BCUT2D eigenvalue weighted by molar-refractivity contribution is 7.47. The van der Waals surface area contributed by atoms with Gasteiger partial charge in [-0.2, -0.15) is 0 Å². The summed E-state index contributed by atoms with van der Waals surface area (Å²) < 4.78 is 68.4. The van der Waals surface area contributed by atoms with E-state index in [-0.39, 0.29) is 25.7 Å². The van der Waals surface area contributed by atoms with Gasteiger partial charge in [0.15, 0.2) is 12.2 Å². The van der Waals surface area contributed by atoms with Crippen LogP contribution in [0.4, 0.5) is 0 Å². The summed E-state index contributed by atoms with van der Waals surface area (Å²) in [6, 6.07) is 0. The van der Waals surface area contributed by atoms with Crippen molar-refractivity contribution >= 4 is 39.5 Å². The van der Waals surface area contributed by atoms with E-state index in [1.807, 2.05) is 0 Å². The van der Waals surface area contributed by atoms with Gasteiger partial charge in [0.2, 0.25) is 0 Å². The SMILES string of the molecule is CCC(C)CCCCCCCCC(=O)O[C@H](COC(=O)CCCCCCCCCCCCCCCC(C)C)COP(=O)(O)OCC(O)COP(=O)(O)OC[C@@H](COC(=O)CCCCCCCCCC(C)C)OC(=O)CCCCCCCCCCCCCCCC(C)C. The van der Waals surface area contributed by atoms with Crippen LogP contribution < -0.4 is 0 Å². The van der Waals surface area contributed by atoms with Crippen molar-refractivity contribution in [1.29, 1.82) is 0 Å². The molecule has 0 aromatic carbocycles. The summed E-state index contributed by atoms with van der Waals surface area (Å²) in [6.07, 6.45) is 45.9. The Morgan fingerprint density at radius 3 is 0.772 bits per heavy atom. The number of hydrogen-bond acceptors (Lipinski definition) is 15. The first-order chi connectivity index (χ1) is 44.1. The van der Waals surface area contributed by atoms with Crippen molar-refractivity contribution in [3.8, 4) is 0 Å². The Morgan fingerprint density at radius 2 is 0.522 bits per heavy atom. The Kier molecular flexibility index (Phi) is 61.3. The fraction of sp³-hybridized carbons (Fsp3) is 0.945. The number of esters is 4. The summed E-state index contributed by atoms with van der Waals surface area (Å²) in [6.45, 7) is 14.1. The molecule has 92 heavy (non-hydrogen) atoms. The fourth-order valence-electron chi connectivity index (χ4n) is 11.0. The lowest BCUT2D eigenvalue weighted by Crippen LogP contribution is -2.30. The van der Waals surface area contributed by atoms with Gasteiger partial charge in [0.25, 0.3) is 0 Å². The van der Waals surface area contributed by atoms with Crippen LogP contribution >= 0.6 is 15.6 Å². The van der Waals surface area contributed by atoms with Crippen LogP contribution in [0.5, 0.6) is 0 Å². The largest absolute Gasteiger partial charge is 0.472 e. The average molecular weight is 1350 g/mol. The third-order valence-electron chi connectivity index (χ3n) is 17.2. The molecule has 0 aliphatic carbocycles. The molecule has 0 heterocycles. The highest BCUT2D eigenvalue weighted by Crippen LogP contribution is 2.45. The molecular formula is C73H142O17P2. The summed E-state index contributed by atoms with van der Waals surface area (Å²) in [5, 5.41) is 10.6. The molecule has 0 amide bonds. The smallest absolute Gasteiger partial charge is 0.462 e. The fourth-order valence-corrected chi connectivity index (χ4v) is 12.6. The number of phosphoric acid groups is 2. The molecular weight excluding hydrogens is 1210 g/mol. The van der Waals surface area contributed by atoms with E-state index in [2.05, 4.69) is 55.4 Å². The first-order valence-corrected chi connectivity index (χ1v) is 40.7.